The van der Waals surface area contributed by atoms with Crippen LogP contribution in [0.3, 0.4) is 0 Å². The molecule has 1 aromatic rings. The fourth-order valence-electron chi connectivity index (χ4n) is 1.25. The smallest absolute Gasteiger partial charge is 0.118 e. The van der Waals surface area contributed by atoms with E-state index in [9.17, 15) is 0 Å². The van der Waals surface area contributed by atoms with E-state index in [0.29, 0.717) is 4.59 Å². The van der Waals surface area contributed by atoms with Gasteiger partial charge in [0.05, 0.1) is 26.8 Å². The van der Waals surface area contributed by atoms with E-state index < -0.39 is 0 Å². The lowest BCUT2D eigenvalue weighted by Gasteiger charge is -2.16. The van der Waals surface area contributed by atoms with Crippen molar-refractivity contribution in [3.05, 3.63) is 29.6 Å². The SMILES string of the molecule is C/C(=N/[N+](C)(C)C)c1cccc(C)n1. The first-order valence-electron chi connectivity index (χ1n) is 4.71. The fraction of sp³-hybridized carbons (Fsp3) is 0.455. The van der Waals surface area contributed by atoms with E-state index in [1.54, 1.807) is 0 Å². The average molecular weight is 192 g/mol. The lowest BCUT2D eigenvalue weighted by molar-refractivity contribution is -0.877. The standard InChI is InChI=1S/C11H18N3/c1-9-7-6-8-11(12-9)10(2)13-14(3,4)5/h6-8H,1-5H3/q+1/b13-10-. The summed E-state index contributed by atoms with van der Waals surface area (Å²) in [5, 5.41) is 4.51. The lowest BCUT2D eigenvalue weighted by Crippen LogP contribution is -2.29. The van der Waals surface area contributed by atoms with Gasteiger partial charge in [-0.25, -0.2) is 4.59 Å². The number of hydrogen-bond donors (Lipinski definition) is 0. The molecule has 0 aliphatic rings. The maximum absolute atomic E-state index is 4.51. The van der Waals surface area contributed by atoms with Crippen molar-refractivity contribution in [2.75, 3.05) is 21.1 Å². The third-order valence-electron chi connectivity index (χ3n) is 1.71. The van der Waals surface area contributed by atoms with Gasteiger partial charge in [-0.3, -0.25) is 4.98 Å². The van der Waals surface area contributed by atoms with Crippen LogP contribution in [0.1, 0.15) is 18.3 Å². The molecule has 0 aliphatic carbocycles. The number of aromatic nitrogens is 1. The number of nitrogens with zero attached hydrogens (tertiary/aromatic N) is 3. The molecular formula is C11H18N3+. The molecule has 0 atom stereocenters. The Morgan fingerprint density at radius 1 is 1.29 bits per heavy atom. The Hall–Kier alpha value is -1.22. The van der Waals surface area contributed by atoms with Gasteiger partial charge in [0, 0.05) is 5.69 Å². The normalized spacial score (nSPS) is 13.1. The molecular weight excluding hydrogens is 174 g/mol. The number of pyridine rings is 1. The highest BCUT2D eigenvalue weighted by molar-refractivity contribution is 5.96. The maximum Gasteiger partial charge on any atom is 0.118 e. The number of aryl methyl sites for hydroxylation is 1. The van der Waals surface area contributed by atoms with Gasteiger partial charge in [-0.2, -0.15) is 0 Å². The van der Waals surface area contributed by atoms with Gasteiger partial charge in [-0.1, -0.05) is 11.2 Å². The first-order chi connectivity index (χ1) is 6.38. The monoisotopic (exact) mass is 192 g/mol. The van der Waals surface area contributed by atoms with Gasteiger partial charge in [0.1, 0.15) is 5.71 Å². The van der Waals surface area contributed by atoms with Crippen LogP contribution in [0.2, 0.25) is 0 Å². The molecule has 0 bridgehead atoms. The van der Waals surface area contributed by atoms with Crippen molar-refractivity contribution in [1.82, 2.24) is 4.98 Å². The van der Waals surface area contributed by atoms with Crippen LogP contribution >= 0.6 is 0 Å². The van der Waals surface area contributed by atoms with Gasteiger partial charge in [-0.05, 0) is 26.0 Å². The summed E-state index contributed by atoms with van der Waals surface area (Å²) in [4.78, 5) is 4.42. The van der Waals surface area contributed by atoms with Crippen LogP contribution in [0, 0.1) is 6.92 Å². The summed E-state index contributed by atoms with van der Waals surface area (Å²) in [7, 11) is 6.08. The minimum absolute atomic E-state index is 0.571. The molecule has 0 fully saturated rings. The molecule has 0 spiro atoms. The van der Waals surface area contributed by atoms with Crippen molar-refractivity contribution in [3.8, 4) is 0 Å². The third kappa shape index (κ3) is 3.26. The van der Waals surface area contributed by atoms with E-state index >= 15 is 0 Å². The molecule has 0 aliphatic heterocycles. The minimum Gasteiger partial charge on any atom is -0.252 e. The zero-order chi connectivity index (χ0) is 10.8. The molecule has 1 aromatic heterocycles. The molecule has 3 heteroatoms. The van der Waals surface area contributed by atoms with E-state index in [-0.39, 0.29) is 0 Å². The second-order valence-corrected chi connectivity index (χ2v) is 4.29. The van der Waals surface area contributed by atoms with Crippen molar-refractivity contribution in [2.45, 2.75) is 13.8 Å². The van der Waals surface area contributed by atoms with Gasteiger partial charge in [0.15, 0.2) is 0 Å². The average Bonchev–Trinajstić information content (AvgIpc) is 2.01. The van der Waals surface area contributed by atoms with Crippen LogP contribution in [-0.4, -0.2) is 36.4 Å². The van der Waals surface area contributed by atoms with Crippen molar-refractivity contribution < 1.29 is 4.59 Å². The Kier molecular flexibility index (Phi) is 3.01. The molecule has 3 nitrogen and oxygen atoms in total. The van der Waals surface area contributed by atoms with E-state index in [4.69, 9.17) is 0 Å². The Morgan fingerprint density at radius 3 is 2.43 bits per heavy atom. The molecule has 0 radical (unpaired) electrons. The van der Waals surface area contributed by atoms with Gasteiger partial charge in [0.2, 0.25) is 0 Å². The second kappa shape index (κ2) is 3.88. The van der Waals surface area contributed by atoms with E-state index in [1.807, 2.05) is 53.2 Å². The third-order valence-corrected chi connectivity index (χ3v) is 1.71. The van der Waals surface area contributed by atoms with Gasteiger partial charge in [0.25, 0.3) is 0 Å². The molecule has 0 unspecified atom stereocenters. The van der Waals surface area contributed by atoms with Gasteiger partial charge < -0.3 is 0 Å². The molecule has 14 heavy (non-hydrogen) atoms. The van der Waals surface area contributed by atoms with E-state index in [0.717, 1.165) is 17.1 Å². The molecule has 0 saturated carbocycles. The topological polar surface area (TPSA) is 25.2 Å². The Labute approximate surface area is 85.7 Å². The maximum atomic E-state index is 4.51. The first kappa shape index (κ1) is 10.9. The van der Waals surface area contributed by atoms with E-state index in [1.165, 1.54) is 0 Å². The molecule has 0 saturated heterocycles. The van der Waals surface area contributed by atoms with Gasteiger partial charge >= 0.3 is 0 Å². The first-order valence-corrected chi connectivity index (χ1v) is 4.71. The Morgan fingerprint density at radius 2 is 1.93 bits per heavy atom. The highest BCUT2D eigenvalue weighted by atomic mass is 15.6. The largest absolute Gasteiger partial charge is 0.252 e. The van der Waals surface area contributed by atoms with Crippen LogP contribution < -0.4 is 0 Å². The predicted octanol–water partition coefficient (Wildman–Crippen LogP) is 1.82. The summed E-state index contributed by atoms with van der Waals surface area (Å²) in [6.45, 7) is 3.98. The highest BCUT2D eigenvalue weighted by Gasteiger charge is 2.07. The predicted molar refractivity (Wildman–Crippen MR) is 59.2 cm³/mol. The van der Waals surface area contributed by atoms with E-state index in [2.05, 4.69) is 10.1 Å². The Balaban J connectivity index is 3.01. The summed E-state index contributed by atoms with van der Waals surface area (Å²) in [6.07, 6.45) is 0. The van der Waals surface area contributed by atoms with Gasteiger partial charge in [-0.15, -0.1) is 0 Å². The van der Waals surface area contributed by atoms with Crippen molar-refractivity contribution in [2.24, 2.45) is 5.10 Å². The molecule has 1 rings (SSSR count). The molecule has 1 heterocycles. The molecule has 76 valence electrons. The van der Waals surface area contributed by atoms with Crippen molar-refractivity contribution in [3.63, 3.8) is 0 Å². The molecule has 0 amide bonds. The van der Waals surface area contributed by atoms with Crippen LogP contribution in [0.4, 0.5) is 0 Å². The summed E-state index contributed by atoms with van der Waals surface area (Å²) in [6, 6.07) is 5.98. The zero-order valence-corrected chi connectivity index (χ0v) is 9.57. The molecule has 0 aromatic carbocycles. The van der Waals surface area contributed by atoms with Crippen LogP contribution in [0.25, 0.3) is 0 Å². The number of rotatable bonds is 2. The Bertz CT molecular complexity index is 348. The lowest BCUT2D eigenvalue weighted by atomic mass is 10.2. The number of quaternary nitrogens is 1. The van der Waals surface area contributed by atoms with Crippen LogP contribution in [0.15, 0.2) is 23.3 Å². The quantitative estimate of drug-likeness (QED) is 0.398. The summed E-state index contributed by atoms with van der Waals surface area (Å²) in [5.74, 6) is 0. The summed E-state index contributed by atoms with van der Waals surface area (Å²) >= 11 is 0. The summed E-state index contributed by atoms with van der Waals surface area (Å²) in [5.41, 5.74) is 2.96. The fourth-order valence-corrected chi connectivity index (χ4v) is 1.25. The van der Waals surface area contributed by atoms with Crippen molar-refractivity contribution >= 4 is 5.71 Å². The second-order valence-electron chi connectivity index (χ2n) is 4.29. The van der Waals surface area contributed by atoms with Crippen LogP contribution in [0.5, 0.6) is 0 Å². The zero-order valence-electron chi connectivity index (χ0n) is 9.57. The van der Waals surface area contributed by atoms with Crippen molar-refractivity contribution in [1.29, 1.82) is 0 Å². The minimum atomic E-state index is 0.571. The molecule has 0 N–H and O–H groups in total. The van der Waals surface area contributed by atoms with Crippen LogP contribution in [-0.2, 0) is 0 Å². The number of hydrogen-bond acceptors (Lipinski definition) is 2. The summed E-state index contributed by atoms with van der Waals surface area (Å²) < 4.78 is 0.571. The highest BCUT2D eigenvalue weighted by Crippen LogP contribution is 2.02.